The second-order valence-electron chi connectivity index (χ2n) is 6.66. The molecule has 0 bridgehead atoms. The number of nitrogen functional groups attached to an aromatic ring is 1. The van der Waals surface area contributed by atoms with Crippen molar-refractivity contribution in [2.24, 2.45) is 5.92 Å². The van der Waals surface area contributed by atoms with Gasteiger partial charge in [-0.1, -0.05) is 6.07 Å². The third kappa shape index (κ3) is 4.92. The van der Waals surface area contributed by atoms with Gasteiger partial charge in [-0.15, -0.1) is 0 Å². The van der Waals surface area contributed by atoms with Crippen LogP contribution in [0.4, 0.5) is 14.9 Å². The normalized spacial score (nSPS) is 14.9. The molecule has 116 valence electrons. The van der Waals surface area contributed by atoms with E-state index in [2.05, 4.69) is 0 Å². The van der Waals surface area contributed by atoms with Crippen molar-refractivity contribution in [1.82, 2.24) is 4.90 Å². The number of nitrogens with two attached hydrogens (primary N) is 1. The van der Waals surface area contributed by atoms with E-state index >= 15 is 0 Å². The van der Waals surface area contributed by atoms with Gasteiger partial charge >= 0.3 is 6.09 Å². The Bertz CT molecular complexity index is 521. The highest BCUT2D eigenvalue weighted by molar-refractivity contribution is 5.68. The first kappa shape index (κ1) is 15.6. The molecule has 0 saturated heterocycles. The van der Waals surface area contributed by atoms with Crippen LogP contribution in [0.2, 0.25) is 0 Å². The summed E-state index contributed by atoms with van der Waals surface area (Å²) in [7, 11) is 0. The van der Waals surface area contributed by atoms with Crippen molar-refractivity contribution in [3.8, 4) is 0 Å². The summed E-state index contributed by atoms with van der Waals surface area (Å²) in [5, 5.41) is 0. The lowest BCUT2D eigenvalue weighted by Gasteiger charge is -2.27. The highest BCUT2D eigenvalue weighted by Gasteiger charge is 2.29. The number of hydrogen-bond donors (Lipinski definition) is 1. The number of nitrogens with zero attached hydrogens (tertiary/aromatic N) is 1. The van der Waals surface area contributed by atoms with Gasteiger partial charge in [-0.05, 0) is 57.2 Å². The van der Waals surface area contributed by atoms with Crippen molar-refractivity contribution in [2.75, 3.05) is 12.3 Å². The molecule has 4 nitrogen and oxygen atoms in total. The first-order valence-electron chi connectivity index (χ1n) is 7.26. The summed E-state index contributed by atoms with van der Waals surface area (Å²) in [5.74, 6) is 0.0826. The lowest BCUT2D eigenvalue weighted by molar-refractivity contribution is 0.0224. The third-order valence-corrected chi connectivity index (χ3v) is 3.27. The Labute approximate surface area is 125 Å². The lowest BCUT2D eigenvalue weighted by Crippen LogP contribution is -2.37. The van der Waals surface area contributed by atoms with Crippen LogP contribution in [-0.2, 0) is 11.3 Å². The highest BCUT2D eigenvalue weighted by Crippen LogP contribution is 2.31. The zero-order valence-corrected chi connectivity index (χ0v) is 12.9. The van der Waals surface area contributed by atoms with Gasteiger partial charge in [-0.25, -0.2) is 9.18 Å². The summed E-state index contributed by atoms with van der Waals surface area (Å²) >= 11 is 0. The average Bonchev–Trinajstić information content (AvgIpc) is 3.15. The summed E-state index contributed by atoms with van der Waals surface area (Å²) in [6.45, 7) is 6.50. The van der Waals surface area contributed by atoms with Crippen molar-refractivity contribution < 1.29 is 13.9 Å². The molecule has 0 aliphatic heterocycles. The first-order valence-corrected chi connectivity index (χ1v) is 7.26. The van der Waals surface area contributed by atoms with Crippen LogP contribution in [0.1, 0.15) is 39.2 Å². The van der Waals surface area contributed by atoms with Crippen molar-refractivity contribution >= 4 is 11.8 Å². The van der Waals surface area contributed by atoms with E-state index in [-0.39, 0.29) is 11.8 Å². The minimum Gasteiger partial charge on any atom is -0.444 e. The first-order chi connectivity index (χ1) is 9.74. The molecule has 0 atom stereocenters. The van der Waals surface area contributed by atoms with Gasteiger partial charge in [-0.3, -0.25) is 0 Å². The van der Waals surface area contributed by atoms with E-state index in [1.54, 1.807) is 11.0 Å². The Balaban J connectivity index is 2.07. The number of carbonyl (C=O) groups excluding carboxylic acids is 1. The molecule has 0 radical (unpaired) electrons. The fourth-order valence-corrected chi connectivity index (χ4v) is 2.03. The monoisotopic (exact) mass is 294 g/mol. The van der Waals surface area contributed by atoms with Crippen molar-refractivity contribution in [2.45, 2.75) is 45.8 Å². The fourth-order valence-electron chi connectivity index (χ4n) is 2.03. The molecule has 1 aliphatic carbocycles. The number of rotatable bonds is 4. The van der Waals surface area contributed by atoms with E-state index < -0.39 is 11.4 Å². The van der Waals surface area contributed by atoms with Gasteiger partial charge < -0.3 is 15.4 Å². The summed E-state index contributed by atoms with van der Waals surface area (Å²) in [6, 6.07) is 4.64. The standard InChI is InChI=1S/C16H23FN2O2/c1-16(2,3)21-15(20)19(9-11-4-5-11)10-12-6-7-14(18)13(17)8-12/h6-8,11H,4-5,9-10,18H2,1-3H3. The molecule has 1 saturated carbocycles. The molecule has 1 aromatic rings. The van der Waals surface area contributed by atoms with Crippen molar-refractivity contribution in [3.63, 3.8) is 0 Å². The van der Waals surface area contributed by atoms with E-state index in [1.807, 2.05) is 20.8 Å². The van der Waals surface area contributed by atoms with E-state index in [0.717, 1.165) is 12.8 Å². The van der Waals surface area contributed by atoms with Crippen LogP contribution in [0, 0.1) is 11.7 Å². The quantitative estimate of drug-likeness (QED) is 0.864. The number of amides is 1. The molecule has 0 heterocycles. The maximum atomic E-state index is 13.5. The zero-order valence-electron chi connectivity index (χ0n) is 12.9. The minimum absolute atomic E-state index is 0.116. The molecule has 1 fully saturated rings. The molecule has 1 amide bonds. The van der Waals surface area contributed by atoms with Gasteiger partial charge in [0.25, 0.3) is 0 Å². The molecule has 2 N–H and O–H groups in total. The van der Waals surface area contributed by atoms with Crippen LogP contribution >= 0.6 is 0 Å². The SMILES string of the molecule is CC(C)(C)OC(=O)N(Cc1ccc(N)c(F)c1)CC1CC1. The third-order valence-electron chi connectivity index (χ3n) is 3.27. The molecule has 1 aromatic carbocycles. The second kappa shape index (κ2) is 5.92. The number of anilines is 1. The molecule has 1 aliphatic rings. The second-order valence-corrected chi connectivity index (χ2v) is 6.66. The van der Waals surface area contributed by atoms with E-state index in [9.17, 15) is 9.18 Å². The molecule has 0 unspecified atom stereocenters. The summed E-state index contributed by atoms with van der Waals surface area (Å²) in [4.78, 5) is 13.9. The molecular weight excluding hydrogens is 271 g/mol. The number of ether oxygens (including phenoxy) is 1. The topological polar surface area (TPSA) is 55.6 Å². The van der Waals surface area contributed by atoms with Crippen LogP contribution < -0.4 is 5.73 Å². The van der Waals surface area contributed by atoms with Gasteiger partial charge in [0.15, 0.2) is 0 Å². The van der Waals surface area contributed by atoms with Crippen LogP contribution in [0.15, 0.2) is 18.2 Å². The van der Waals surface area contributed by atoms with Gasteiger partial charge in [0.2, 0.25) is 0 Å². The molecule has 5 heteroatoms. The Kier molecular flexibility index (Phi) is 4.40. The summed E-state index contributed by atoms with van der Waals surface area (Å²) in [5.41, 5.74) is 5.77. The van der Waals surface area contributed by atoms with Crippen LogP contribution in [-0.4, -0.2) is 23.1 Å². The van der Waals surface area contributed by atoms with Crippen LogP contribution in [0.25, 0.3) is 0 Å². The Morgan fingerprint density at radius 1 is 1.43 bits per heavy atom. The minimum atomic E-state index is -0.536. The largest absolute Gasteiger partial charge is 0.444 e. The van der Waals surface area contributed by atoms with E-state index in [0.29, 0.717) is 24.6 Å². The van der Waals surface area contributed by atoms with Gasteiger partial charge in [0, 0.05) is 13.1 Å². The molecular formula is C16H23FN2O2. The Morgan fingerprint density at radius 3 is 2.62 bits per heavy atom. The van der Waals surface area contributed by atoms with Gasteiger partial charge in [0.05, 0.1) is 5.69 Å². The fraction of sp³-hybridized carbons (Fsp3) is 0.562. The van der Waals surface area contributed by atoms with Crippen LogP contribution in [0.3, 0.4) is 0 Å². The Morgan fingerprint density at radius 2 is 2.10 bits per heavy atom. The maximum Gasteiger partial charge on any atom is 0.410 e. The number of halogens is 1. The van der Waals surface area contributed by atoms with Crippen LogP contribution in [0.5, 0.6) is 0 Å². The number of benzene rings is 1. The molecule has 2 rings (SSSR count). The average molecular weight is 294 g/mol. The summed E-state index contributed by atoms with van der Waals surface area (Å²) < 4.78 is 18.9. The number of hydrogen-bond acceptors (Lipinski definition) is 3. The van der Waals surface area contributed by atoms with Gasteiger partial charge in [-0.2, -0.15) is 0 Å². The molecule has 0 aromatic heterocycles. The predicted octanol–water partition coefficient (Wildman–Crippen LogP) is 3.56. The Hall–Kier alpha value is -1.78. The maximum absolute atomic E-state index is 13.5. The lowest BCUT2D eigenvalue weighted by atomic mass is 10.2. The predicted molar refractivity (Wildman–Crippen MR) is 80.2 cm³/mol. The van der Waals surface area contributed by atoms with E-state index in [1.165, 1.54) is 12.1 Å². The highest BCUT2D eigenvalue weighted by atomic mass is 19.1. The zero-order chi connectivity index (χ0) is 15.6. The van der Waals surface area contributed by atoms with Crippen molar-refractivity contribution in [1.29, 1.82) is 0 Å². The summed E-state index contributed by atoms with van der Waals surface area (Å²) in [6.07, 6.45) is 1.91. The van der Waals surface area contributed by atoms with E-state index in [4.69, 9.17) is 10.5 Å². The number of carbonyl (C=O) groups is 1. The smallest absolute Gasteiger partial charge is 0.410 e. The molecule has 21 heavy (non-hydrogen) atoms. The van der Waals surface area contributed by atoms with Crippen molar-refractivity contribution in [3.05, 3.63) is 29.6 Å². The molecule has 0 spiro atoms. The van der Waals surface area contributed by atoms with Gasteiger partial charge in [0.1, 0.15) is 11.4 Å².